The summed E-state index contributed by atoms with van der Waals surface area (Å²) in [6, 6.07) is 0.804. The van der Waals surface area contributed by atoms with Gasteiger partial charge in [0.25, 0.3) is 0 Å². The minimum Gasteiger partial charge on any atom is -0.477 e. The molecular weight excluding hydrogens is 222 g/mol. The Labute approximate surface area is 80.1 Å². The van der Waals surface area contributed by atoms with Gasteiger partial charge >= 0.3 is 12.3 Å². The molecule has 0 radical (unpaired) electrons. The van der Waals surface area contributed by atoms with E-state index in [1.165, 1.54) is 0 Å². The molecule has 0 unspecified atom stereocenters. The number of alkyl halides is 3. The van der Waals surface area contributed by atoms with Crippen LogP contribution in [-0.2, 0) is 0 Å². The number of rotatable bonds is 2. The van der Waals surface area contributed by atoms with Gasteiger partial charge in [-0.3, -0.25) is 0 Å². The molecule has 0 fully saturated rings. The van der Waals surface area contributed by atoms with Crippen LogP contribution in [0.5, 0.6) is 5.75 Å². The number of aromatic carboxylic acids is 1. The first-order valence-corrected chi connectivity index (χ1v) is 3.44. The van der Waals surface area contributed by atoms with E-state index in [9.17, 15) is 22.4 Å². The highest BCUT2D eigenvalue weighted by molar-refractivity contribution is 5.85. The van der Waals surface area contributed by atoms with Crippen molar-refractivity contribution in [1.29, 1.82) is 0 Å². The lowest BCUT2D eigenvalue weighted by Crippen LogP contribution is -2.18. The minimum atomic E-state index is -5.01. The summed E-state index contributed by atoms with van der Waals surface area (Å²) in [5.41, 5.74) is -0.866. The lowest BCUT2D eigenvalue weighted by Gasteiger charge is -2.08. The third-order valence-electron chi connectivity index (χ3n) is 1.22. The SMILES string of the molecule is O=C(O)c1cc(OC(F)(F)F)cc(F)n1. The molecule has 0 atom stereocenters. The van der Waals surface area contributed by atoms with Crippen molar-refractivity contribution in [1.82, 2.24) is 4.98 Å². The van der Waals surface area contributed by atoms with Crippen molar-refractivity contribution in [3.8, 4) is 5.75 Å². The molecule has 1 heterocycles. The van der Waals surface area contributed by atoms with Crippen molar-refractivity contribution in [3.63, 3.8) is 0 Å². The Morgan fingerprint density at radius 1 is 1.40 bits per heavy atom. The molecule has 1 aromatic heterocycles. The van der Waals surface area contributed by atoms with Crippen LogP contribution in [0.1, 0.15) is 10.5 Å². The largest absolute Gasteiger partial charge is 0.573 e. The van der Waals surface area contributed by atoms with Crippen LogP contribution < -0.4 is 4.74 Å². The number of carboxylic acid groups (broad SMARTS) is 1. The van der Waals surface area contributed by atoms with E-state index in [2.05, 4.69) is 9.72 Å². The molecule has 0 bridgehead atoms. The molecule has 1 rings (SSSR count). The van der Waals surface area contributed by atoms with E-state index in [1.54, 1.807) is 0 Å². The molecule has 8 heteroatoms. The molecule has 0 saturated heterocycles. The van der Waals surface area contributed by atoms with Gasteiger partial charge in [0.1, 0.15) is 5.75 Å². The number of carbonyl (C=O) groups is 1. The molecule has 0 aliphatic heterocycles. The molecule has 4 nitrogen and oxygen atoms in total. The molecular formula is C7H3F4NO3. The summed E-state index contributed by atoms with van der Waals surface area (Å²) in [6.45, 7) is 0. The smallest absolute Gasteiger partial charge is 0.477 e. The highest BCUT2D eigenvalue weighted by atomic mass is 19.4. The summed E-state index contributed by atoms with van der Waals surface area (Å²) >= 11 is 0. The first-order valence-electron chi connectivity index (χ1n) is 3.44. The molecule has 0 saturated carbocycles. The van der Waals surface area contributed by atoms with Gasteiger partial charge in [-0.1, -0.05) is 0 Å². The van der Waals surface area contributed by atoms with Crippen LogP contribution >= 0.6 is 0 Å². The zero-order valence-corrected chi connectivity index (χ0v) is 6.88. The predicted octanol–water partition coefficient (Wildman–Crippen LogP) is 1.82. The molecule has 0 aromatic carbocycles. The monoisotopic (exact) mass is 225 g/mol. The number of nitrogens with zero attached hydrogens (tertiary/aromatic N) is 1. The molecule has 1 N–H and O–H groups in total. The average Bonchev–Trinajstić information content (AvgIpc) is 1.99. The summed E-state index contributed by atoms with van der Waals surface area (Å²) < 4.78 is 51.0. The summed E-state index contributed by atoms with van der Waals surface area (Å²) in [5, 5.41) is 8.37. The van der Waals surface area contributed by atoms with Gasteiger partial charge in [0, 0.05) is 12.1 Å². The van der Waals surface area contributed by atoms with Gasteiger partial charge < -0.3 is 9.84 Å². The molecule has 0 spiro atoms. The predicted molar refractivity (Wildman–Crippen MR) is 37.8 cm³/mol. The number of carboxylic acids is 1. The fourth-order valence-electron chi connectivity index (χ4n) is 0.776. The van der Waals surface area contributed by atoms with Crippen LogP contribution in [0, 0.1) is 5.95 Å². The van der Waals surface area contributed by atoms with E-state index < -0.39 is 29.7 Å². The Bertz CT molecular complexity index is 390. The van der Waals surface area contributed by atoms with Crippen LogP contribution in [0.3, 0.4) is 0 Å². The van der Waals surface area contributed by atoms with Crippen LogP contribution in [0.15, 0.2) is 12.1 Å². The fourth-order valence-corrected chi connectivity index (χ4v) is 0.776. The maximum absolute atomic E-state index is 12.5. The van der Waals surface area contributed by atoms with Crippen molar-refractivity contribution >= 4 is 5.97 Å². The number of hydrogen-bond donors (Lipinski definition) is 1. The second-order valence-corrected chi connectivity index (χ2v) is 2.36. The van der Waals surface area contributed by atoms with Crippen LogP contribution in [-0.4, -0.2) is 22.4 Å². The van der Waals surface area contributed by atoms with Crippen molar-refractivity contribution < 1.29 is 32.2 Å². The summed E-state index contributed by atoms with van der Waals surface area (Å²) in [4.78, 5) is 13.2. The maximum atomic E-state index is 12.5. The minimum absolute atomic E-state index is 0.333. The Kier molecular flexibility index (Phi) is 2.78. The van der Waals surface area contributed by atoms with Gasteiger partial charge in [0.2, 0.25) is 5.95 Å². The van der Waals surface area contributed by atoms with Crippen molar-refractivity contribution in [3.05, 3.63) is 23.8 Å². The third kappa shape index (κ3) is 3.41. The second kappa shape index (κ2) is 3.71. The Hall–Kier alpha value is -1.86. The highest BCUT2D eigenvalue weighted by Crippen LogP contribution is 2.23. The molecule has 15 heavy (non-hydrogen) atoms. The van der Waals surface area contributed by atoms with Gasteiger partial charge in [-0.2, -0.15) is 4.39 Å². The van der Waals surface area contributed by atoms with Gasteiger partial charge in [-0.15, -0.1) is 13.2 Å². The standard InChI is InChI=1S/C7H3F4NO3/c8-5-2-3(15-7(9,10)11)1-4(12-5)6(13)14/h1-2H,(H,13,14). The van der Waals surface area contributed by atoms with E-state index in [1.807, 2.05) is 0 Å². The number of halogens is 4. The lowest BCUT2D eigenvalue weighted by atomic mass is 10.3. The third-order valence-corrected chi connectivity index (χ3v) is 1.22. The normalized spacial score (nSPS) is 11.2. The van der Waals surface area contributed by atoms with Crippen molar-refractivity contribution in [2.45, 2.75) is 6.36 Å². The second-order valence-electron chi connectivity index (χ2n) is 2.36. The van der Waals surface area contributed by atoms with E-state index in [0.717, 1.165) is 0 Å². The first kappa shape index (κ1) is 11.2. The Morgan fingerprint density at radius 3 is 2.47 bits per heavy atom. The summed E-state index contributed by atoms with van der Waals surface area (Å²) in [7, 11) is 0. The van der Waals surface area contributed by atoms with E-state index in [0.29, 0.717) is 12.1 Å². The number of aromatic nitrogens is 1. The lowest BCUT2D eigenvalue weighted by molar-refractivity contribution is -0.274. The van der Waals surface area contributed by atoms with Crippen molar-refractivity contribution in [2.24, 2.45) is 0 Å². The van der Waals surface area contributed by atoms with E-state index in [-0.39, 0.29) is 0 Å². The van der Waals surface area contributed by atoms with Gasteiger partial charge in [0.15, 0.2) is 5.69 Å². The van der Waals surface area contributed by atoms with Gasteiger partial charge in [0.05, 0.1) is 0 Å². The van der Waals surface area contributed by atoms with Crippen LogP contribution in [0.4, 0.5) is 17.6 Å². The van der Waals surface area contributed by atoms with Crippen LogP contribution in [0.25, 0.3) is 0 Å². The molecule has 1 aromatic rings. The number of pyridine rings is 1. The maximum Gasteiger partial charge on any atom is 0.573 e. The number of hydrogen-bond acceptors (Lipinski definition) is 3. The molecule has 0 aliphatic rings. The summed E-state index contributed by atoms with van der Waals surface area (Å²) in [5.74, 6) is -3.98. The number of ether oxygens (including phenoxy) is 1. The summed E-state index contributed by atoms with van der Waals surface area (Å²) in [6.07, 6.45) is -5.01. The zero-order chi connectivity index (χ0) is 11.6. The Morgan fingerprint density at radius 2 is 2.00 bits per heavy atom. The van der Waals surface area contributed by atoms with Crippen molar-refractivity contribution in [2.75, 3.05) is 0 Å². The molecule has 82 valence electrons. The Balaban J connectivity index is 3.04. The molecule has 0 amide bonds. The van der Waals surface area contributed by atoms with E-state index >= 15 is 0 Å². The first-order chi connectivity index (χ1) is 6.78. The van der Waals surface area contributed by atoms with E-state index in [4.69, 9.17) is 5.11 Å². The highest BCUT2D eigenvalue weighted by Gasteiger charge is 2.31. The fraction of sp³-hybridized carbons (Fsp3) is 0.143. The topological polar surface area (TPSA) is 59.4 Å². The van der Waals surface area contributed by atoms with Crippen LogP contribution in [0.2, 0.25) is 0 Å². The van der Waals surface area contributed by atoms with Gasteiger partial charge in [-0.25, -0.2) is 9.78 Å². The quantitative estimate of drug-likeness (QED) is 0.616. The zero-order valence-electron chi connectivity index (χ0n) is 6.88. The van der Waals surface area contributed by atoms with Gasteiger partial charge in [-0.05, 0) is 0 Å². The molecule has 0 aliphatic carbocycles. The average molecular weight is 225 g/mol.